The SMILES string of the molecule is COCC1(c2nc(-c3ccc(OC)c(OC)c3)no2)CCNCC1. The number of rotatable bonds is 6. The summed E-state index contributed by atoms with van der Waals surface area (Å²) in [6, 6.07) is 5.57. The fourth-order valence-electron chi connectivity index (χ4n) is 3.13. The molecule has 3 rings (SSSR count). The van der Waals surface area contributed by atoms with E-state index in [1.807, 2.05) is 18.2 Å². The Labute approximate surface area is 141 Å². The molecule has 1 aromatic carbocycles. The van der Waals surface area contributed by atoms with Gasteiger partial charge in [-0.1, -0.05) is 5.16 Å². The molecule has 0 saturated carbocycles. The molecule has 7 nitrogen and oxygen atoms in total. The quantitative estimate of drug-likeness (QED) is 0.866. The zero-order valence-corrected chi connectivity index (χ0v) is 14.3. The topological polar surface area (TPSA) is 78.6 Å². The molecule has 24 heavy (non-hydrogen) atoms. The van der Waals surface area contributed by atoms with Gasteiger partial charge in [-0.3, -0.25) is 0 Å². The monoisotopic (exact) mass is 333 g/mol. The Kier molecular flexibility index (Phi) is 5.01. The number of nitrogens with zero attached hydrogens (tertiary/aromatic N) is 2. The number of aromatic nitrogens is 2. The van der Waals surface area contributed by atoms with Crippen molar-refractivity contribution in [1.29, 1.82) is 0 Å². The van der Waals surface area contributed by atoms with Crippen LogP contribution in [0.1, 0.15) is 18.7 Å². The average molecular weight is 333 g/mol. The van der Waals surface area contributed by atoms with Crippen LogP contribution in [0.4, 0.5) is 0 Å². The summed E-state index contributed by atoms with van der Waals surface area (Å²) >= 11 is 0. The lowest BCUT2D eigenvalue weighted by molar-refractivity contribution is 0.0850. The largest absolute Gasteiger partial charge is 0.493 e. The molecule has 0 aliphatic carbocycles. The zero-order chi connectivity index (χ0) is 17.0. The van der Waals surface area contributed by atoms with Crippen molar-refractivity contribution < 1.29 is 18.7 Å². The standard InChI is InChI=1S/C17H23N3O4/c1-21-11-17(6-8-18-9-7-17)16-19-15(20-24-16)12-4-5-13(22-2)14(10-12)23-3/h4-5,10,18H,6-9,11H2,1-3H3. The van der Waals surface area contributed by atoms with E-state index in [0.717, 1.165) is 31.5 Å². The Balaban J connectivity index is 1.92. The minimum absolute atomic E-state index is 0.220. The summed E-state index contributed by atoms with van der Waals surface area (Å²) in [5.74, 6) is 2.48. The fourth-order valence-corrected chi connectivity index (χ4v) is 3.13. The number of piperidine rings is 1. The Morgan fingerprint density at radius 2 is 1.88 bits per heavy atom. The number of hydrogen-bond acceptors (Lipinski definition) is 7. The molecule has 1 N–H and O–H groups in total. The first kappa shape index (κ1) is 16.7. The number of benzene rings is 1. The molecule has 2 aromatic rings. The van der Waals surface area contributed by atoms with E-state index in [1.54, 1.807) is 21.3 Å². The summed E-state index contributed by atoms with van der Waals surface area (Å²) in [6.07, 6.45) is 1.82. The van der Waals surface area contributed by atoms with Crippen molar-refractivity contribution in [3.63, 3.8) is 0 Å². The van der Waals surface area contributed by atoms with Crippen LogP contribution in [0, 0.1) is 0 Å². The average Bonchev–Trinajstić information content (AvgIpc) is 3.13. The van der Waals surface area contributed by atoms with E-state index in [2.05, 4.69) is 15.5 Å². The predicted molar refractivity (Wildman–Crippen MR) is 88.5 cm³/mol. The highest BCUT2D eigenvalue weighted by molar-refractivity contribution is 5.60. The molecule has 0 unspecified atom stereocenters. The van der Waals surface area contributed by atoms with E-state index >= 15 is 0 Å². The molecular weight excluding hydrogens is 310 g/mol. The molecule has 130 valence electrons. The Bertz CT molecular complexity index is 675. The van der Waals surface area contributed by atoms with Gasteiger partial charge in [-0.2, -0.15) is 4.98 Å². The van der Waals surface area contributed by atoms with Crippen LogP contribution in [0.25, 0.3) is 11.4 Å². The molecular formula is C17H23N3O4. The first-order valence-corrected chi connectivity index (χ1v) is 7.98. The van der Waals surface area contributed by atoms with Gasteiger partial charge in [0, 0.05) is 12.7 Å². The molecule has 1 saturated heterocycles. The van der Waals surface area contributed by atoms with Gasteiger partial charge in [0.2, 0.25) is 11.7 Å². The highest BCUT2D eigenvalue weighted by Gasteiger charge is 2.39. The highest BCUT2D eigenvalue weighted by atomic mass is 16.5. The van der Waals surface area contributed by atoms with Gasteiger partial charge in [-0.15, -0.1) is 0 Å². The number of hydrogen-bond donors (Lipinski definition) is 1. The molecule has 0 radical (unpaired) electrons. The third kappa shape index (κ3) is 3.09. The lowest BCUT2D eigenvalue weighted by atomic mass is 9.79. The van der Waals surface area contributed by atoms with Gasteiger partial charge in [0.25, 0.3) is 0 Å². The van der Waals surface area contributed by atoms with Crippen molar-refractivity contribution in [2.24, 2.45) is 0 Å². The third-order valence-corrected chi connectivity index (χ3v) is 4.50. The van der Waals surface area contributed by atoms with E-state index in [4.69, 9.17) is 18.7 Å². The number of methoxy groups -OCH3 is 3. The fraction of sp³-hybridized carbons (Fsp3) is 0.529. The Morgan fingerprint density at radius 3 is 2.54 bits per heavy atom. The van der Waals surface area contributed by atoms with Crippen LogP contribution >= 0.6 is 0 Å². The highest BCUT2D eigenvalue weighted by Crippen LogP contribution is 2.35. The van der Waals surface area contributed by atoms with Crippen molar-refractivity contribution in [2.45, 2.75) is 18.3 Å². The van der Waals surface area contributed by atoms with Gasteiger partial charge in [0.05, 0.1) is 26.2 Å². The van der Waals surface area contributed by atoms with Gasteiger partial charge in [0.1, 0.15) is 0 Å². The molecule has 1 fully saturated rings. The smallest absolute Gasteiger partial charge is 0.235 e. The molecule has 1 aliphatic heterocycles. The summed E-state index contributed by atoms with van der Waals surface area (Å²) < 4.78 is 21.6. The minimum atomic E-state index is -0.220. The first-order valence-electron chi connectivity index (χ1n) is 7.98. The van der Waals surface area contributed by atoms with Crippen LogP contribution in [0.5, 0.6) is 11.5 Å². The second-order valence-corrected chi connectivity index (χ2v) is 5.96. The van der Waals surface area contributed by atoms with E-state index in [0.29, 0.717) is 29.8 Å². The Hall–Kier alpha value is -2.12. The molecule has 0 amide bonds. The minimum Gasteiger partial charge on any atom is -0.493 e. The van der Waals surface area contributed by atoms with Crippen molar-refractivity contribution in [1.82, 2.24) is 15.5 Å². The number of ether oxygens (including phenoxy) is 3. The maximum Gasteiger partial charge on any atom is 0.235 e. The maximum atomic E-state index is 5.60. The van der Waals surface area contributed by atoms with E-state index in [1.165, 1.54) is 0 Å². The zero-order valence-electron chi connectivity index (χ0n) is 14.3. The summed E-state index contributed by atoms with van der Waals surface area (Å²) in [6.45, 7) is 2.40. The predicted octanol–water partition coefficient (Wildman–Crippen LogP) is 2.02. The second-order valence-electron chi connectivity index (χ2n) is 5.96. The second kappa shape index (κ2) is 7.19. The van der Waals surface area contributed by atoms with Crippen LogP contribution in [0.3, 0.4) is 0 Å². The van der Waals surface area contributed by atoms with Crippen LogP contribution in [-0.4, -0.2) is 51.2 Å². The van der Waals surface area contributed by atoms with Gasteiger partial charge in [-0.25, -0.2) is 0 Å². The van der Waals surface area contributed by atoms with Crippen LogP contribution in [0.15, 0.2) is 22.7 Å². The van der Waals surface area contributed by atoms with Gasteiger partial charge >= 0.3 is 0 Å². The van der Waals surface area contributed by atoms with Crippen LogP contribution in [0.2, 0.25) is 0 Å². The van der Waals surface area contributed by atoms with Crippen molar-refractivity contribution in [2.75, 3.05) is 41.0 Å². The third-order valence-electron chi connectivity index (χ3n) is 4.50. The van der Waals surface area contributed by atoms with E-state index < -0.39 is 0 Å². The van der Waals surface area contributed by atoms with Crippen LogP contribution < -0.4 is 14.8 Å². The van der Waals surface area contributed by atoms with Crippen molar-refractivity contribution in [3.8, 4) is 22.9 Å². The lowest BCUT2D eigenvalue weighted by Crippen LogP contribution is -2.43. The maximum absolute atomic E-state index is 5.60. The van der Waals surface area contributed by atoms with Gasteiger partial charge < -0.3 is 24.1 Å². The van der Waals surface area contributed by atoms with Crippen LogP contribution in [-0.2, 0) is 10.2 Å². The lowest BCUT2D eigenvalue weighted by Gasteiger charge is -2.33. The summed E-state index contributed by atoms with van der Waals surface area (Å²) in [5.41, 5.74) is 0.603. The molecule has 0 bridgehead atoms. The normalized spacial score (nSPS) is 16.8. The summed E-state index contributed by atoms with van der Waals surface area (Å²) in [7, 11) is 4.91. The number of nitrogens with one attached hydrogen (secondary N) is 1. The summed E-state index contributed by atoms with van der Waals surface area (Å²) in [5, 5.41) is 7.52. The molecule has 0 atom stereocenters. The van der Waals surface area contributed by atoms with Gasteiger partial charge in [-0.05, 0) is 44.1 Å². The summed E-state index contributed by atoms with van der Waals surface area (Å²) in [4.78, 5) is 4.64. The van der Waals surface area contributed by atoms with Crippen molar-refractivity contribution in [3.05, 3.63) is 24.1 Å². The molecule has 7 heteroatoms. The van der Waals surface area contributed by atoms with E-state index in [-0.39, 0.29) is 5.41 Å². The first-order chi connectivity index (χ1) is 11.7. The molecule has 1 aliphatic rings. The Morgan fingerprint density at radius 1 is 1.12 bits per heavy atom. The molecule has 0 spiro atoms. The van der Waals surface area contributed by atoms with Gasteiger partial charge in [0.15, 0.2) is 11.5 Å². The molecule has 2 heterocycles. The molecule has 1 aromatic heterocycles. The van der Waals surface area contributed by atoms with Crippen molar-refractivity contribution >= 4 is 0 Å². The van der Waals surface area contributed by atoms with E-state index in [9.17, 15) is 0 Å².